The van der Waals surface area contributed by atoms with E-state index in [2.05, 4.69) is 5.32 Å². The van der Waals surface area contributed by atoms with E-state index in [1.54, 1.807) is 48.5 Å². The number of methoxy groups -OCH3 is 1. The third-order valence-electron chi connectivity index (χ3n) is 4.93. The number of anilines is 2. The van der Waals surface area contributed by atoms with Crippen molar-refractivity contribution in [3.05, 3.63) is 53.6 Å². The number of nitrogens with zero attached hydrogens (tertiary/aromatic N) is 2. The first kappa shape index (κ1) is 23.6. The zero-order valence-electron chi connectivity index (χ0n) is 18.0. The lowest BCUT2D eigenvalue weighted by atomic mass is 10.1. The third kappa shape index (κ3) is 5.57. The van der Waals surface area contributed by atoms with Gasteiger partial charge in [-0.2, -0.15) is 0 Å². The highest BCUT2D eigenvalue weighted by atomic mass is 35.5. The van der Waals surface area contributed by atoms with Crippen LogP contribution in [0.4, 0.5) is 16.2 Å². The molecule has 3 rings (SSSR count). The molecule has 170 valence electrons. The topological polar surface area (TPSA) is 88.2 Å². The smallest absolute Gasteiger partial charge is 0.332 e. The molecule has 0 aromatic heterocycles. The molecule has 32 heavy (non-hydrogen) atoms. The highest BCUT2D eigenvalue weighted by Gasteiger charge is 2.46. The Morgan fingerprint density at radius 3 is 2.38 bits per heavy atom. The van der Waals surface area contributed by atoms with Gasteiger partial charge in [0.15, 0.2) is 0 Å². The van der Waals surface area contributed by atoms with Gasteiger partial charge in [-0.25, -0.2) is 9.69 Å². The maximum atomic E-state index is 13.1. The summed E-state index contributed by atoms with van der Waals surface area (Å²) in [6, 6.07) is 12.0. The van der Waals surface area contributed by atoms with Crippen molar-refractivity contribution in [3.8, 4) is 5.75 Å². The minimum atomic E-state index is -0.930. The van der Waals surface area contributed by atoms with Crippen molar-refractivity contribution < 1.29 is 23.9 Å². The zero-order chi connectivity index (χ0) is 23.1. The second-order valence-corrected chi connectivity index (χ2v) is 7.70. The number of benzene rings is 2. The molecule has 0 unspecified atom stereocenters. The molecule has 0 aliphatic carbocycles. The molecule has 1 aliphatic heterocycles. The SMILES string of the molecule is CCCOc1ccc(NC(=O)C[C@@H]2C(=O)N(c3ccc(Cl)cc3)C(=O)N2CCOC)cc1. The van der Waals surface area contributed by atoms with Gasteiger partial charge in [0.25, 0.3) is 5.91 Å². The lowest BCUT2D eigenvalue weighted by Gasteiger charge is -2.21. The van der Waals surface area contributed by atoms with Crippen LogP contribution in [0, 0.1) is 0 Å². The van der Waals surface area contributed by atoms with Crippen LogP contribution in [-0.2, 0) is 14.3 Å². The number of halogens is 1. The summed E-state index contributed by atoms with van der Waals surface area (Å²) in [5, 5.41) is 3.27. The van der Waals surface area contributed by atoms with Crippen molar-refractivity contribution in [2.24, 2.45) is 0 Å². The summed E-state index contributed by atoms with van der Waals surface area (Å²) < 4.78 is 10.6. The average molecular weight is 460 g/mol. The number of urea groups is 1. The van der Waals surface area contributed by atoms with E-state index >= 15 is 0 Å². The summed E-state index contributed by atoms with van der Waals surface area (Å²) in [6.07, 6.45) is 0.728. The van der Waals surface area contributed by atoms with Gasteiger partial charge in [-0.05, 0) is 55.0 Å². The Balaban J connectivity index is 1.72. The van der Waals surface area contributed by atoms with Gasteiger partial charge in [-0.15, -0.1) is 0 Å². The largest absolute Gasteiger partial charge is 0.494 e. The number of ether oxygens (including phenoxy) is 2. The maximum absolute atomic E-state index is 13.1. The molecule has 0 saturated carbocycles. The first-order chi connectivity index (χ1) is 15.4. The Kier molecular flexibility index (Phi) is 8.08. The molecule has 1 fully saturated rings. The van der Waals surface area contributed by atoms with Crippen molar-refractivity contribution in [2.45, 2.75) is 25.8 Å². The van der Waals surface area contributed by atoms with Crippen LogP contribution in [0.25, 0.3) is 0 Å². The molecule has 1 heterocycles. The molecule has 0 spiro atoms. The monoisotopic (exact) mass is 459 g/mol. The van der Waals surface area contributed by atoms with E-state index in [0.717, 1.165) is 11.3 Å². The van der Waals surface area contributed by atoms with E-state index in [9.17, 15) is 14.4 Å². The molecule has 1 aliphatic rings. The van der Waals surface area contributed by atoms with Crippen molar-refractivity contribution in [1.29, 1.82) is 0 Å². The number of hydrogen-bond acceptors (Lipinski definition) is 5. The Morgan fingerprint density at radius 1 is 1.06 bits per heavy atom. The van der Waals surface area contributed by atoms with Crippen molar-refractivity contribution in [2.75, 3.05) is 37.1 Å². The highest BCUT2D eigenvalue weighted by molar-refractivity contribution is 6.30. The number of carbonyl (C=O) groups excluding carboxylic acids is 3. The van der Waals surface area contributed by atoms with Crippen LogP contribution in [0.3, 0.4) is 0 Å². The van der Waals surface area contributed by atoms with Crippen LogP contribution >= 0.6 is 11.6 Å². The van der Waals surface area contributed by atoms with Crippen LogP contribution in [0.15, 0.2) is 48.5 Å². The predicted molar refractivity (Wildman–Crippen MR) is 122 cm³/mol. The van der Waals surface area contributed by atoms with Gasteiger partial charge >= 0.3 is 6.03 Å². The Bertz CT molecular complexity index is 949. The van der Waals surface area contributed by atoms with E-state index in [0.29, 0.717) is 28.8 Å². The van der Waals surface area contributed by atoms with Crippen molar-refractivity contribution in [1.82, 2.24) is 4.90 Å². The summed E-state index contributed by atoms with van der Waals surface area (Å²) >= 11 is 5.92. The van der Waals surface area contributed by atoms with Crippen LogP contribution < -0.4 is 15.0 Å². The summed E-state index contributed by atoms with van der Waals surface area (Å²) in [5.74, 6) is -0.128. The summed E-state index contributed by atoms with van der Waals surface area (Å²) in [4.78, 5) is 41.2. The molecule has 1 N–H and O–H groups in total. The van der Waals surface area contributed by atoms with E-state index < -0.39 is 18.0 Å². The lowest BCUT2D eigenvalue weighted by molar-refractivity contribution is -0.124. The van der Waals surface area contributed by atoms with Gasteiger partial charge in [0.1, 0.15) is 11.8 Å². The van der Waals surface area contributed by atoms with Crippen LogP contribution in [-0.4, -0.2) is 55.7 Å². The molecule has 4 amide bonds. The Labute approximate surface area is 192 Å². The van der Waals surface area contributed by atoms with Crippen LogP contribution in [0.2, 0.25) is 5.02 Å². The molecule has 1 atom stereocenters. The Hall–Kier alpha value is -3.10. The average Bonchev–Trinajstić information content (AvgIpc) is 3.01. The molecule has 1 saturated heterocycles. The molecule has 9 heteroatoms. The summed E-state index contributed by atoms with van der Waals surface area (Å²) in [5.41, 5.74) is 0.978. The van der Waals surface area contributed by atoms with E-state index in [-0.39, 0.29) is 25.5 Å². The highest BCUT2D eigenvalue weighted by Crippen LogP contribution is 2.28. The molecular formula is C23H26ClN3O5. The molecule has 2 aromatic carbocycles. The zero-order valence-corrected chi connectivity index (χ0v) is 18.8. The molecule has 2 aromatic rings. The quantitative estimate of drug-likeness (QED) is 0.543. The van der Waals surface area contributed by atoms with Gasteiger partial charge in [0, 0.05) is 24.4 Å². The van der Waals surface area contributed by atoms with Gasteiger partial charge in [0.05, 0.1) is 25.3 Å². The standard InChI is InChI=1S/C23H26ClN3O5/c1-3-13-32-19-10-6-17(7-11-19)25-21(28)15-20-22(29)27(18-8-4-16(24)5-9-18)23(30)26(20)12-14-31-2/h4-11,20H,3,12-15H2,1-2H3,(H,25,28)/t20-/m1/s1. The van der Waals surface area contributed by atoms with E-state index in [4.69, 9.17) is 21.1 Å². The number of amides is 4. The molecular weight excluding hydrogens is 434 g/mol. The van der Waals surface area contributed by atoms with Gasteiger partial charge in [-0.3, -0.25) is 9.59 Å². The van der Waals surface area contributed by atoms with Crippen molar-refractivity contribution >= 4 is 40.8 Å². The molecule has 8 nitrogen and oxygen atoms in total. The van der Waals surface area contributed by atoms with Crippen molar-refractivity contribution in [3.63, 3.8) is 0 Å². The molecule has 0 radical (unpaired) electrons. The van der Waals surface area contributed by atoms with E-state index in [1.807, 2.05) is 6.92 Å². The number of carbonyl (C=O) groups is 3. The maximum Gasteiger partial charge on any atom is 0.332 e. The minimum absolute atomic E-state index is 0.174. The van der Waals surface area contributed by atoms with Gasteiger partial charge in [0.2, 0.25) is 5.91 Å². The van der Waals surface area contributed by atoms with Crippen LogP contribution in [0.1, 0.15) is 19.8 Å². The fraction of sp³-hybridized carbons (Fsp3) is 0.348. The number of nitrogens with one attached hydrogen (secondary N) is 1. The predicted octanol–water partition coefficient (Wildman–Crippen LogP) is 3.94. The minimum Gasteiger partial charge on any atom is -0.494 e. The van der Waals surface area contributed by atoms with E-state index in [1.165, 1.54) is 12.0 Å². The second-order valence-electron chi connectivity index (χ2n) is 7.26. The lowest BCUT2D eigenvalue weighted by Crippen LogP contribution is -2.39. The fourth-order valence-corrected chi connectivity index (χ4v) is 3.47. The first-order valence-corrected chi connectivity index (χ1v) is 10.7. The van der Waals surface area contributed by atoms with Crippen LogP contribution in [0.5, 0.6) is 5.75 Å². The number of hydrogen-bond donors (Lipinski definition) is 1. The first-order valence-electron chi connectivity index (χ1n) is 10.4. The number of rotatable bonds is 10. The second kappa shape index (κ2) is 11.0. The Morgan fingerprint density at radius 2 is 1.75 bits per heavy atom. The fourth-order valence-electron chi connectivity index (χ4n) is 3.35. The van der Waals surface area contributed by atoms with Gasteiger partial charge < -0.3 is 19.7 Å². The summed E-state index contributed by atoms with van der Waals surface area (Å²) in [6.45, 7) is 3.07. The summed E-state index contributed by atoms with van der Waals surface area (Å²) in [7, 11) is 1.51. The third-order valence-corrected chi connectivity index (χ3v) is 5.18. The molecule has 0 bridgehead atoms. The van der Waals surface area contributed by atoms with Gasteiger partial charge in [-0.1, -0.05) is 18.5 Å². The number of imide groups is 1. The normalized spacial score (nSPS) is 15.9.